The Morgan fingerprint density at radius 1 is 0.486 bits per heavy atom. The molecule has 0 nitrogen and oxygen atoms in total. The topological polar surface area (TPSA) is 0 Å². The highest BCUT2D eigenvalue weighted by Crippen LogP contribution is 2.40. The van der Waals surface area contributed by atoms with Crippen molar-refractivity contribution in [2.75, 3.05) is 0 Å². The normalized spacial score (nSPS) is 13.0. The van der Waals surface area contributed by atoms with Crippen LogP contribution in [0.1, 0.15) is 16.0 Å². The minimum atomic E-state index is 1.25. The van der Waals surface area contributed by atoms with Crippen LogP contribution in [-0.4, -0.2) is 7.28 Å². The van der Waals surface area contributed by atoms with Gasteiger partial charge in [0.05, 0.1) is 0 Å². The lowest BCUT2D eigenvalue weighted by molar-refractivity contribution is 1.57. The summed E-state index contributed by atoms with van der Waals surface area (Å²) in [6.07, 6.45) is 4.50. The summed E-state index contributed by atoms with van der Waals surface area (Å²) in [7, 11) is 2.32. The predicted octanol–water partition coefficient (Wildman–Crippen LogP) is 9.80. The Bertz CT molecular complexity index is 1800. The maximum Gasteiger partial charge on any atom is 0.194 e. The number of benzene rings is 5. The molecule has 0 fully saturated rings. The second kappa shape index (κ2) is 9.07. The van der Waals surface area contributed by atoms with Gasteiger partial charge in [0.2, 0.25) is 0 Å². The van der Waals surface area contributed by atoms with Crippen molar-refractivity contribution in [2.24, 2.45) is 0 Å². The lowest BCUT2D eigenvalue weighted by Gasteiger charge is -2.16. The van der Waals surface area contributed by atoms with Crippen molar-refractivity contribution < 1.29 is 0 Å². The minimum Gasteiger partial charge on any atom is -0.136 e. The van der Waals surface area contributed by atoms with Crippen LogP contribution in [0.25, 0.3) is 54.1 Å². The summed E-state index contributed by atoms with van der Waals surface area (Å²) in [6.45, 7) is 2.24. The van der Waals surface area contributed by atoms with Gasteiger partial charge < -0.3 is 0 Å². The molecule has 0 N–H and O–H groups in total. The van der Waals surface area contributed by atoms with Crippen LogP contribution in [0, 0.1) is 6.92 Å². The highest BCUT2D eigenvalue weighted by molar-refractivity contribution is 7.17. The Kier molecular flexibility index (Phi) is 5.41. The second-order valence-electron chi connectivity index (χ2n) is 9.59. The molecular formula is C35H24BS. The van der Waals surface area contributed by atoms with Gasteiger partial charge in [0.15, 0.2) is 7.28 Å². The fourth-order valence-corrected chi connectivity index (χ4v) is 6.55. The average Bonchev–Trinajstić information content (AvgIpc) is 3.65. The first-order valence-corrected chi connectivity index (χ1v) is 13.5. The highest BCUT2D eigenvalue weighted by Gasteiger charge is 2.18. The Morgan fingerprint density at radius 3 is 1.78 bits per heavy atom. The third-order valence-corrected chi connectivity index (χ3v) is 8.57. The van der Waals surface area contributed by atoms with Gasteiger partial charge in [-0.05, 0) is 74.5 Å². The SMILES string of the molecule is Cc1c2ccccc2c(-c2cccc(C3=CC=C(c4ccc(-c5ccccc5)s4)[B]3)c2)c2ccccc12. The Morgan fingerprint density at radius 2 is 1.05 bits per heavy atom. The molecule has 2 heterocycles. The highest BCUT2D eigenvalue weighted by atomic mass is 32.1. The monoisotopic (exact) mass is 487 g/mol. The van der Waals surface area contributed by atoms with Crippen molar-refractivity contribution in [2.45, 2.75) is 6.92 Å². The molecule has 0 spiro atoms. The van der Waals surface area contributed by atoms with Gasteiger partial charge in [0.1, 0.15) is 0 Å². The standard InChI is InChI=1S/C35H24BS/c1-23-27-14-5-7-16-29(27)35(30-17-8-6-15-28(23)30)26-13-9-12-25(22-26)31-18-19-32(36-31)34-21-20-33(37-34)24-10-3-2-4-11-24/h2-22H,1H3. The lowest BCUT2D eigenvalue weighted by Crippen LogP contribution is -1.95. The zero-order chi connectivity index (χ0) is 24.8. The van der Waals surface area contributed by atoms with Crippen molar-refractivity contribution in [1.29, 1.82) is 0 Å². The summed E-state index contributed by atoms with van der Waals surface area (Å²) in [5.41, 5.74) is 8.98. The van der Waals surface area contributed by atoms with Crippen LogP contribution in [0.15, 0.2) is 127 Å². The molecule has 7 rings (SSSR count). The zero-order valence-corrected chi connectivity index (χ0v) is 21.4. The van der Waals surface area contributed by atoms with Crippen LogP contribution in [0.4, 0.5) is 0 Å². The summed E-state index contributed by atoms with van der Waals surface area (Å²) in [4.78, 5) is 2.61. The molecule has 1 aliphatic rings. The zero-order valence-electron chi connectivity index (χ0n) is 20.6. The Labute approximate surface area is 222 Å². The molecule has 2 heteroatoms. The molecule has 0 saturated heterocycles. The largest absolute Gasteiger partial charge is 0.194 e. The van der Waals surface area contributed by atoms with E-state index < -0.39 is 0 Å². The van der Waals surface area contributed by atoms with E-state index >= 15 is 0 Å². The molecule has 0 atom stereocenters. The van der Waals surface area contributed by atoms with Crippen LogP contribution in [0.2, 0.25) is 0 Å². The van der Waals surface area contributed by atoms with E-state index in [1.165, 1.54) is 70.1 Å². The molecule has 1 aliphatic heterocycles. The van der Waals surface area contributed by atoms with Gasteiger partial charge in [-0.1, -0.05) is 120 Å². The lowest BCUT2D eigenvalue weighted by atomic mass is 9.63. The molecule has 0 amide bonds. The van der Waals surface area contributed by atoms with Gasteiger partial charge in [0, 0.05) is 9.75 Å². The summed E-state index contributed by atoms with van der Waals surface area (Å²) >= 11 is 1.85. The van der Waals surface area contributed by atoms with E-state index in [9.17, 15) is 0 Å². The van der Waals surface area contributed by atoms with Gasteiger partial charge in [-0.15, -0.1) is 11.3 Å². The summed E-state index contributed by atoms with van der Waals surface area (Å²) in [6, 6.07) is 41.7. The molecule has 1 radical (unpaired) electrons. The van der Waals surface area contributed by atoms with Crippen LogP contribution in [0.5, 0.6) is 0 Å². The van der Waals surface area contributed by atoms with E-state index in [-0.39, 0.29) is 0 Å². The minimum absolute atomic E-state index is 1.25. The number of thiophene rings is 1. The van der Waals surface area contributed by atoms with Crippen molar-refractivity contribution >= 4 is 51.1 Å². The first-order chi connectivity index (χ1) is 18.3. The number of rotatable bonds is 4. The maximum absolute atomic E-state index is 2.35. The molecule has 0 aliphatic carbocycles. The number of allylic oxidation sites excluding steroid dienone is 2. The smallest absolute Gasteiger partial charge is 0.136 e. The molecule has 0 unspecified atom stereocenters. The first kappa shape index (κ1) is 22.1. The van der Waals surface area contributed by atoms with E-state index in [0.29, 0.717) is 0 Å². The molecule has 0 saturated carbocycles. The van der Waals surface area contributed by atoms with Gasteiger partial charge in [-0.2, -0.15) is 0 Å². The van der Waals surface area contributed by atoms with E-state index in [1.54, 1.807) is 0 Å². The van der Waals surface area contributed by atoms with Crippen LogP contribution in [-0.2, 0) is 0 Å². The number of hydrogen-bond donors (Lipinski definition) is 0. The van der Waals surface area contributed by atoms with Crippen LogP contribution in [0.3, 0.4) is 0 Å². The van der Waals surface area contributed by atoms with Gasteiger partial charge in [-0.3, -0.25) is 0 Å². The Balaban J connectivity index is 1.25. The number of fused-ring (bicyclic) bond motifs is 2. The fourth-order valence-electron chi connectivity index (χ4n) is 5.54. The van der Waals surface area contributed by atoms with Crippen LogP contribution >= 0.6 is 11.3 Å². The third-order valence-electron chi connectivity index (χ3n) is 7.39. The average molecular weight is 487 g/mol. The quantitative estimate of drug-likeness (QED) is 0.171. The molecule has 1 aromatic heterocycles. The number of aryl methyl sites for hydroxylation is 1. The van der Waals surface area contributed by atoms with E-state index in [4.69, 9.17) is 0 Å². The van der Waals surface area contributed by atoms with Crippen molar-refractivity contribution in [3.63, 3.8) is 0 Å². The molecular weight excluding hydrogens is 463 g/mol. The molecule has 6 aromatic rings. The first-order valence-electron chi connectivity index (χ1n) is 12.7. The molecule has 0 bridgehead atoms. The molecule has 37 heavy (non-hydrogen) atoms. The van der Waals surface area contributed by atoms with E-state index in [1.807, 2.05) is 11.3 Å². The molecule has 173 valence electrons. The maximum atomic E-state index is 2.35. The molecule has 5 aromatic carbocycles. The van der Waals surface area contributed by atoms with Gasteiger partial charge in [0.25, 0.3) is 0 Å². The summed E-state index contributed by atoms with van der Waals surface area (Å²) in [5.74, 6) is 0. The van der Waals surface area contributed by atoms with Crippen molar-refractivity contribution in [1.82, 2.24) is 0 Å². The van der Waals surface area contributed by atoms with Gasteiger partial charge >= 0.3 is 0 Å². The predicted molar refractivity (Wildman–Crippen MR) is 163 cm³/mol. The van der Waals surface area contributed by atoms with E-state index in [2.05, 4.69) is 142 Å². The van der Waals surface area contributed by atoms with E-state index in [0.717, 1.165) is 0 Å². The third kappa shape index (κ3) is 3.85. The van der Waals surface area contributed by atoms with Crippen LogP contribution < -0.4 is 0 Å². The summed E-state index contributed by atoms with van der Waals surface area (Å²) in [5, 5.41) is 5.27. The van der Waals surface area contributed by atoms with Crippen molar-refractivity contribution in [3.8, 4) is 21.6 Å². The Hall–Kier alpha value is -4.14. The number of hydrogen-bond acceptors (Lipinski definition) is 1. The fraction of sp³-hybridized carbons (Fsp3) is 0.0286. The second-order valence-corrected chi connectivity index (χ2v) is 10.7. The van der Waals surface area contributed by atoms with Crippen molar-refractivity contribution in [3.05, 3.63) is 143 Å². The van der Waals surface area contributed by atoms with Gasteiger partial charge in [-0.25, -0.2) is 0 Å². The summed E-state index contributed by atoms with van der Waals surface area (Å²) < 4.78 is 0.